The fourth-order valence-corrected chi connectivity index (χ4v) is 1.57. The summed E-state index contributed by atoms with van der Waals surface area (Å²) in [6.45, 7) is 2.20. The maximum absolute atomic E-state index is 8.49. The minimum absolute atomic E-state index is 0.400. The molecule has 0 fully saturated rings. The van der Waals surface area contributed by atoms with Crippen LogP contribution in [0, 0.1) is 10.2 Å². The predicted molar refractivity (Wildman–Crippen MR) is 56.9 cm³/mol. The molecule has 0 N–H and O–H groups in total. The molecular formula is C13H14ClNO4. The van der Waals surface area contributed by atoms with Crippen LogP contribution in [0.3, 0.4) is 0 Å². The Balaban J connectivity index is 0.000000312. The van der Waals surface area contributed by atoms with E-state index < -0.39 is 10.2 Å². The van der Waals surface area contributed by atoms with Crippen LogP contribution in [0.5, 0.6) is 0 Å². The first-order chi connectivity index (χ1) is 8.88. The lowest BCUT2D eigenvalue weighted by molar-refractivity contribution is -2.00. The highest BCUT2D eigenvalue weighted by molar-refractivity contribution is 5.16. The van der Waals surface area contributed by atoms with Crippen LogP contribution >= 0.6 is 0 Å². The Bertz CT molecular complexity index is 428. The number of hydrogen-bond donors (Lipinski definition) is 0. The molecule has 0 aliphatic heterocycles. The van der Waals surface area contributed by atoms with E-state index in [0.717, 1.165) is 0 Å². The molecule has 0 aliphatic carbocycles. The van der Waals surface area contributed by atoms with E-state index in [1.807, 2.05) is 12.1 Å². The van der Waals surface area contributed by atoms with Crippen molar-refractivity contribution in [2.24, 2.45) is 0 Å². The zero-order chi connectivity index (χ0) is 14.3. The number of benzene rings is 1. The minimum Gasteiger partial charge on any atom is -0.222 e. The molecule has 0 radical (unpaired) electrons. The zero-order valence-corrected chi connectivity index (χ0v) is 11.1. The Labute approximate surface area is 113 Å². The van der Waals surface area contributed by atoms with E-state index >= 15 is 0 Å². The Hall–Kier alpha value is -1.50. The molecule has 0 bridgehead atoms. The van der Waals surface area contributed by atoms with E-state index in [9.17, 15) is 0 Å². The van der Waals surface area contributed by atoms with Crippen molar-refractivity contribution < 1.29 is 33.4 Å². The molecular weight excluding hydrogens is 270 g/mol. The lowest BCUT2D eigenvalue weighted by Crippen LogP contribution is -2.68. The zero-order valence-electron chi connectivity index (χ0n) is 10.3. The van der Waals surface area contributed by atoms with Gasteiger partial charge >= 0.3 is 0 Å². The highest BCUT2D eigenvalue weighted by Gasteiger charge is 2.12. The number of nitrogens with zero attached hydrogens (tertiary/aromatic N) is 1. The van der Waals surface area contributed by atoms with Crippen LogP contribution in [0.4, 0.5) is 0 Å². The molecule has 1 heterocycles. The number of aromatic nitrogens is 1. The molecule has 1 aromatic heterocycles. The first-order valence-corrected chi connectivity index (χ1v) is 6.74. The second-order valence-electron chi connectivity index (χ2n) is 3.79. The molecule has 1 aromatic carbocycles. The van der Waals surface area contributed by atoms with E-state index in [0.29, 0.717) is 6.04 Å². The average Bonchev–Trinajstić information content (AvgIpc) is 2.38. The fraction of sp³-hybridized carbons (Fsp3) is 0.154. The van der Waals surface area contributed by atoms with Crippen molar-refractivity contribution in [1.82, 2.24) is 0 Å². The van der Waals surface area contributed by atoms with Gasteiger partial charge in [0.05, 0.1) is 0 Å². The second-order valence-corrected chi connectivity index (χ2v) is 4.54. The van der Waals surface area contributed by atoms with Crippen molar-refractivity contribution >= 4 is 0 Å². The van der Waals surface area contributed by atoms with Gasteiger partial charge in [0, 0.05) is 24.6 Å². The topological polar surface area (TPSA) is 96.1 Å². The van der Waals surface area contributed by atoms with E-state index in [1.165, 1.54) is 5.56 Å². The van der Waals surface area contributed by atoms with Crippen LogP contribution < -0.4 is 23.2 Å². The average molecular weight is 284 g/mol. The number of pyridine rings is 1. The van der Waals surface area contributed by atoms with Gasteiger partial charge in [0.25, 0.3) is 0 Å². The summed E-state index contributed by atoms with van der Waals surface area (Å²) in [6, 6.07) is 17.1. The minimum atomic E-state index is -4.94. The number of hydrogen-bond acceptors (Lipinski definition) is 4. The summed E-state index contributed by atoms with van der Waals surface area (Å²) in [5, 5.41) is 0. The van der Waals surface area contributed by atoms with Crippen LogP contribution in [0.1, 0.15) is 18.5 Å². The maximum atomic E-state index is 8.49. The lowest BCUT2D eigenvalue weighted by Gasteiger charge is -2.17. The first kappa shape index (κ1) is 15.6. The van der Waals surface area contributed by atoms with Crippen molar-refractivity contribution in [3.05, 3.63) is 66.5 Å². The third kappa shape index (κ3) is 6.85. The molecule has 102 valence electrons. The summed E-state index contributed by atoms with van der Waals surface area (Å²) in [5.41, 5.74) is 1.34. The smallest absolute Gasteiger partial charge is 0.180 e. The molecule has 0 spiro atoms. The van der Waals surface area contributed by atoms with Gasteiger partial charge in [0.15, 0.2) is 18.4 Å². The highest BCUT2D eigenvalue weighted by atomic mass is 35.7. The van der Waals surface area contributed by atoms with Crippen molar-refractivity contribution in [3.63, 3.8) is 0 Å². The van der Waals surface area contributed by atoms with Gasteiger partial charge in [-0.05, 0) is 0 Å². The van der Waals surface area contributed by atoms with Crippen LogP contribution in [-0.4, -0.2) is 0 Å². The van der Waals surface area contributed by atoms with Gasteiger partial charge in [-0.25, -0.2) is 18.6 Å². The van der Waals surface area contributed by atoms with Crippen molar-refractivity contribution in [3.8, 4) is 0 Å². The van der Waals surface area contributed by atoms with E-state index in [1.54, 1.807) is 0 Å². The normalized spacial score (nSPS) is 12.3. The van der Waals surface area contributed by atoms with Gasteiger partial charge in [0.2, 0.25) is 0 Å². The highest BCUT2D eigenvalue weighted by Crippen LogP contribution is 2.09. The SMILES string of the molecule is CC(c1ccccc1)[n+]1ccccc1.[O-][Cl+3]([O-])([O-])[O-]. The Kier molecular flexibility index (Phi) is 5.88. The Morgan fingerprint density at radius 2 is 1.26 bits per heavy atom. The third-order valence-electron chi connectivity index (χ3n) is 2.47. The van der Waals surface area contributed by atoms with Gasteiger partial charge in [-0.1, -0.05) is 36.4 Å². The van der Waals surface area contributed by atoms with Gasteiger partial charge < -0.3 is 0 Å². The van der Waals surface area contributed by atoms with Crippen molar-refractivity contribution in [2.45, 2.75) is 13.0 Å². The summed E-state index contributed by atoms with van der Waals surface area (Å²) in [4.78, 5) is 0. The lowest BCUT2D eigenvalue weighted by atomic mass is 10.1. The summed E-state index contributed by atoms with van der Waals surface area (Å²) >= 11 is 0. The molecule has 19 heavy (non-hydrogen) atoms. The van der Waals surface area contributed by atoms with Crippen LogP contribution in [0.15, 0.2) is 60.9 Å². The Morgan fingerprint density at radius 1 is 0.842 bits per heavy atom. The van der Waals surface area contributed by atoms with Crippen molar-refractivity contribution in [2.75, 3.05) is 0 Å². The quantitative estimate of drug-likeness (QED) is 0.586. The molecule has 0 aliphatic rings. The second kappa shape index (κ2) is 7.18. The van der Waals surface area contributed by atoms with E-state index in [-0.39, 0.29) is 0 Å². The van der Waals surface area contributed by atoms with E-state index in [4.69, 9.17) is 18.6 Å². The Morgan fingerprint density at radius 3 is 1.74 bits per heavy atom. The van der Waals surface area contributed by atoms with Gasteiger partial charge in [0.1, 0.15) is 0 Å². The molecule has 0 saturated heterocycles. The van der Waals surface area contributed by atoms with Gasteiger partial charge in [-0.2, -0.15) is 4.57 Å². The van der Waals surface area contributed by atoms with Crippen LogP contribution in [-0.2, 0) is 0 Å². The molecule has 2 rings (SSSR count). The van der Waals surface area contributed by atoms with Gasteiger partial charge in [-0.3, -0.25) is 0 Å². The summed E-state index contributed by atoms with van der Waals surface area (Å²) in [6.07, 6.45) is 4.19. The number of rotatable bonds is 2. The molecule has 0 saturated carbocycles. The largest absolute Gasteiger partial charge is 0.222 e. The molecule has 2 aromatic rings. The molecule has 6 heteroatoms. The van der Waals surface area contributed by atoms with Crippen LogP contribution in [0.2, 0.25) is 0 Å². The van der Waals surface area contributed by atoms with E-state index in [2.05, 4.69) is 60.3 Å². The molecule has 1 atom stereocenters. The fourth-order valence-electron chi connectivity index (χ4n) is 1.57. The summed E-state index contributed by atoms with van der Waals surface area (Å²) in [5.74, 6) is 0. The summed E-state index contributed by atoms with van der Waals surface area (Å²) in [7, 11) is -4.94. The third-order valence-corrected chi connectivity index (χ3v) is 2.47. The molecule has 1 unspecified atom stereocenters. The van der Waals surface area contributed by atoms with Gasteiger partial charge in [-0.15, -0.1) is 10.2 Å². The molecule has 0 amide bonds. The standard InChI is InChI=1S/C13H14N.ClHO4/c1-12(13-8-4-2-5-9-13)14-10-6-3-7-11-14;2-1(3,4)5/h2-12H,1H3;(H,2,3,4,5)/q+1;/p-1. The predicted octanol–water partition coefficient (Wildman–Crippen LogP) is -2.17. The maximum Gasteiger partial charge on any atom is 0.180 e. The monoisotopic (exact) mass is 283 g/mol. The number of halogens is 1. The van der Waals surface area contributed by atoms with Crippen LogP contribution in [0.25, 0.3) is 0 Å². The first-order valence-electron chi connectivity index (χ1n) is 5.50. The summed E-state index contributed by atoms with van der Waals surface area (Å²) < 4.78 is 36.2. The molecule has 5 nitrogen and oxygen atoms in total. The van der Waals surface area contributed by atoms with Crippen molar-refractivity contribution in [1.29, 1.82) is 0 Å².